The number of anilines is 1. The second-order valence-electron chi connectivity index (χ2n) is 6.46. The van der Waals surface area contributed by atoms with Gasteiger partial charge in [-0.15, -0.1) is 11.3 Å². The third kappa shape index (κ3) is 4.84. The van der Waals surface area contributed by atoms with Crippen molar-refractivity contribution in [3.8, 4) is 22.1 Å². The Morgan fingerprint density at radius 1 is 1.06 bits per heavy atom. The molecule has 0 radical (unpaired) electrons. The summed E-state index contributed by atoms with van der Waals surface area (Å²) < 4.78 is 24.1. The van der Waals surface area contributed by atoms with E-state index in [1.807, 2.05) is 0 Å². The predicted octanol–water partition coefficient (Wildman–Crippen LogP) is 6.23. The van der Waals surface area contributed by atoms with Gasteiger partial charge in [0, 0.05) is 28.1 Å². The largest absolute Gasteiger partial charge is 0.462 e. The highest BCUT2D eigenvalue weighted by Crippen LogP contribution is 2.36. The van der Waals surface area contributed by atoms with E-state index in [9.17, 15) is 14.0 Å². The quantitative estimate of drug-likeness (QED) is 0.325. The first-order valence-electron chi connectivity index (χ1n) is 9.58. The molecule has 0 bridgehead atoms. The fourth-order valence-corrected chi connectivity index (χ4v) is 4.37. The van der Waals surface area contributed by atoms with Gasteiger partial charge in [0.05, 0.1) is 6.61 Å². The van der Waals surface area contributed by atoms with E-state index in [1.54, 1.807) is 60.3 Å². The van der Waals surface area contributed by atoms with Crippen LogP contribution in [0.1, 0.15) is 27.6 Å². The monoisotopic (exact) mass is 468 g/mol. The van der Waals surface area contributed by atoms with Crippen molar-refractivity contribution in [3.05, 3.63) is 82.4 Å². The van der Waals surface area contributed by atoms with Gasteiger partial charge in [0.2, 0.25) is 0 Å². The van der Waals surface area contributed by atoms with Gasteiger partial charge in [0.15, 0.2) is 0 Å². The fraction of sp³-hybridized carbons (Fsp3) is 0.0870. The molecule has 2 aromatic heterocycles. The molecule has 2 heterocycles. The first-order chi connectivity index (χ1) is 15.5. The molecular weight excluding hydrogens is 451 g/mol. The van der Waals surface area contributed by atoms with E-state index in [0.29, 0.717) is 32.6 Å². The molecule has 0 spiro atoms. The van der Waals surface area contributed by atoms with Crippen LogP contribution >= 0.6 is 22.7 Å². The van der Waals surface area contributed by atoms with Crippen molar-refractivity contribution in [2.24, 2.45) is 0 Å². The van der Waals surface area contributed by atoms with Crippen LogP contribution in [0.4, 0.5) is 9.39 Å². The number of aromatic nitrogens is 1. The maximum absolute atomic E-state index is 13.3. The number of esters is 1. The van der Waals surface area contributed by atoms with Crippen molar-refractivity contribution in [3.63, 3.8) is 0 Å². The number of hydrogen-bond acceptors (Lipinski definition) is 7. The van der Waals surface area contributed by atoms with Crippen molar-refractivity contribution in [2.75, 3.05) is 11.9 Å². The number of halogens is 1. The summed E-state index contributed by atoms with van der Waals surface area (Å²) in [5.41, 5.74) is 1.84. The lowest BCUT2D eigenvalue weighted by Gasteiger charge is -2.09. The molecule has 0 aliphatic heterocycles. The number of carbonyl (C=O) groups is 2. The van der Waals surface area contributed by atoms with E-state index in [0.717, 1.165) is 0 Å². The minimum atomic E-state index is -0.560. The zero-order valence-electron chi connectivity index (χ0n) is 16.8. The van der Waals surface area contributed by atoms with Gasteiger partial charge in [-0.1, -0.05) is 23.5 Å². The molecular formula is C23H17FN2O4S2. The summed E-state index contributed by atoms with van der Waals surface area (Å²) in [5, 5.41) is 7.19. The summed E-state index contributed by atoms with van der Waals surface area (Å²) in [6.07, 6.45) is 1.64. The van der Waals surface area contributed by atoms with Crippen LogP contribution in [0.5, 0.6) is 10.9 Å². The molecule has 0 saturated heterocycles. The summed E-state index contributed by atoms with van der Waals surface area (Å²) in [4.78, 5) is 29.5. The van der Waals surface area contributed by atoms with E-state index in [4.69, 9.17) is 9.47 Å². The Bertz CT molecular complexity index is 1220. The van der Waals surface area contributed by atoms with Gasteiger partial charge in [0.25, 0.3) is 11.1 Å². The minimum absolute atomic E-state index is 0.186. The Morgan fingerprint density at radius 3 is 2.47 bits per heavy atom. The molecule has 6 nitrogen and oxygen atoms in total. The van der Waals surface area contributed by atoms with Crippen LogP contribution in [0.3, 0.4) is 0 Å². The summed E-state index contributed by atoms with van der Waals surface area (Å²) in [5.74, 6) is -0.768. The lowest BCUT2D eigenvalue weighted by atomic mass is 10.0. The summed E-state index contributed by atoms with van der Waals surface area (Å²) in [6.45, 7) is 1.89. The lowest BCUT2D eigenvalue weighted by Crippen LogP contribution is -2.14. The third-order valence-corrected chi connectivity index (χ3v) is 5.93. The van der Waals surface area contributed by atoms with E-state index >= 15 is 0 Å². The fourth-order valence-electron chi connectivity index (χ4n) is 2.91. The van der Waals surface area contributed by atoms with Crippen LogP contribution in [-0.4, -0.2) is 23.5 Å². The van der Waals surface area contributed by atoms with Gasteiger partial charge < -0.3 is 14.8 Å². The van der Waals surface area contributed by atoms with Gasteiger partial charge in [-0.2, -0.15) is 0 Å². The zero-order chi connectivity index (χ0) is 22.5. The number of hydrogen-bond donors (Lipinski definition) is 1. The second kappa shape index (κ2) is 9.71. The Morgan fingerprint density at radius 2 is 1.81 bits per heavy atom. The molecule has 0 aliphatic carbocycles. The summed E-state index contributed by atoms with van der Waals surface area (Å²) in [6, 6.07) is 12.4. The number of amides is 1. The topological polar surface area (TPSA) is 77.5 Å². The first-order valence-corrected chi connectivity index (χ1v) is 11.3. The SMILES string of the molecule is CCOC(=O)c1c(-c2ccc(F)cc2)csc1NC(=O)c1ccc(Oc2nccs2)cc1. The number of nitrogens with one attached hydrogen (secondary N) is 1. The molecule has 0 fully saturated rings. The molecule has 4 rings (SSSR count). The van der Waals surface area contributed by atoms with Gasteiger partial charge >= 0.3 is 5.97 Å². The van der Waals surface area contributed by atoms with Crippen molar-refractivity contribution >= 4 is 39.6 Å². The van der Waals surface area contributed by atoms with Gasteiger partial charge in [-0.05, 0) is 48.9 Å². The van der Waals surface area contributed by atoms with Crippen molar-refractivity contribution in [1.82, 2.24) is 4.98 Å². The van der Waals surface area contributed by atoms with Gasteiger partial charge in [-0.25, -0.2) is 14.2 Å². The third-order valence-electron chi connectivity index (χ3n) is 4.38. The highest BCUT2D eigenvalue weighted by atomic mass is 32.1. The molecule has 0 atom stereocenters. The van der Waals surface area contributed by atoms with Crippen molar-refractivity contribution < 1.29 is 23.5 Å². The van der Waals surface area contributed by atoms with Crippen LogP contribution in [0.2, 0.25) is 0 Å². The Kier molecular flexibility index (Phi) is 6.58. The average Bonchev–Trinajstić information content (AvgIpc) is 3.45. The molecule has 1 amide bonds. The first kappa shape index (κ1) is 21.7. The normalized spacial score (nSPS) is 10.6. The number of ether oxygens (including phenoxy) is 2. The lowest BCUT2D eigenvalue weighted by molar-refractivity contribution is 0.0529. The van der Waals surface area contributed by atoms with Crippen LogP contribution in [0.25, 0.3) is 11.1 Å². The Labute approximate surface area is 191 Å². The summed E-state index contributed by atoms with van der Waals surface area (Å²) >= 11 is 2.56. The molecule has 1 N–H and O–H groups in total. The molecule has 0 aliphatic rings. The predicted molar refractivity (Wildman–Crippen MR) is 122 cm³/mol. The van der Waals surface area contributed by atoms with E-state index in [2.05, 4.69) is 10.3 Å². The molecule has 32 heavy (non-hydrogen) atoms. The number of rotatable bonds is 7. The highest BCUT2D eigenvalue weighted by Gasteiger charge is 2.23. The number of benzene rings is 2. The Balaban J connectivity index is 1.57. The maximum Gasteiger partial charge on any atom is 0.341 e. The number of thiophene rings is 1. The van der Waals surface area contributed by atoms with Crippen LogP contribution in [0, 0.1) is 5.82 Å². The van der Waals surface area contributed by atoms with Crippen molar-refractivity contribution in [1.29, 1.82) is 0 Å². The molecule has 0 unspecified atom stereocenters. The number of carbonyl (C=O) groups excluding carboxylic acids is 2. The Hall–Kier alpha value is -3.56. The van der Waals surface area contributed by atoms with E-state index in [-0.39, 0.29) is 23.9 Å². The van der Waals surface area contributed by atoms with Crippen molar-refractivity contribution in [2.45, 2.75) is 6.92 Å². The smallest absolute Gasteiger partial charge is 0.341 e. The average molecular weight is 469 g/mol. The molecule has 162 valence electrons. The van der Waals surface area contributed by atoms with Gasteiger partial charge in [0.1, 0.15) is 22.1 Å². The van der Waals surface area contributed by atoms with Gasteiger partial charge in [-0.3, -0.25) is 4.79 Å². The number of nitrogens with zero attached hydrogens (tertiary/aromatic N) is 1. The van der Waals surface area contributed by atoms with Crippen LogP contribution in [-0.2, 0) is 4.74 Å². The standard InChI is InChI=1S/C23H17FN2O4S2/c1-2-29-22(28)19-18(14-3-7-16(24)8-4-14)13-32-21(19)26-20(27)15-5-9-17(10-6-15)30-23-25-11-12-31-23/h3-13H,2H2,1H3,(H,26,27). The molecule has 2 aromatic carbocycles. The highest BCUT2D eigenvalue weighted by molar-refractivity contribution is 7.15. The summed E-state index contributed by atoms with van der Waals surface area (Å²) in [7, 11) is 0. The van der Waals surface area contributed by atoms with Crippen LogP contribution in [0.15, 0.2) is 65.5 Å². The van der Waals surface area contributed by atoms with E-state index in [1.165, 1.54) is 34.8 Å². The second-order valence-corrected chi connectivity index (χ2v) is 8.20. The van der Waals surface area contributed by atoms with Crippen LogP contribution < -0.4 is 10.1 Å². The number of thiazole rings is 1. The maximum atomic E-state index is 13.3. The molecule has 4 aromatic rings. The molecule has 0 saturated carbocycles. The zero-order valence-corrected chi connectivity index (χ0v) is 18.5. The van der Waals surface area contributed by atoms with E-state index < -0.39 is 5.97 Å². The molecule has 9 heteroatoms. The minimum Gasteiger partial charge on any atom is -0.462 e.